The Morgan fingerprint density at radius 3 is 2.18 bits per heavy atom. The predicted molar refractivity (Wildman–Crippen MR) is 91.6 cm³/mol. The van der Waals surface area contributed by atoms with Crippen LogP contribution < -0.4 is 0 Å². The predicted octanol–water partition coefficient (Wildman–Crippen LogP) is -2.53. The van der Waals surface area contributed by atoms with Gasteiger partial charge in [-0.05, 0) is 5.56 Å². The molecule has 2 heterocycles. The SMILES string of the molecule is O[C@H]1[C@H](O)[C@H](OCc2ccccc2)O[C@@H](CO[C@@H]2OC[C@@H](O)[C@@H](O)[C@H]2O)[C@H]1O. The summed E-state index contributed by atoms with van der Waals surface area (Å²) >= 11 is 0. The van der Waals surface area contributed by atoms with E-state index in [2.05, 4.69) is 0 Å². The highest BCUT2D eigenvalue weighted by Crippen LogP contribution is 2.25. The summed E-state index contributed by atoms with van der Waals surface area (Å²) in [7, 11) is 0. The fourth-order valence-corrected chi connectivity index (χ4v) is 3.06. The number of aliphatic hydroxyl groups is 6. The minimum atomic E-state index is -1.53. The van der Waals surface area contributed by atoms with Gasteiger partial charge in [0.15, 0.2) is 12.6 Å². The monoisotopic (exact) mass is 402 g/mol. The number of ether oxygens (including phenoxy) is 4. The van der Waals surface area contributed by atoms with Crippen LogP contribution in [-0.2, 0) is 25.6 Å². The Morgan fingerprint density at radius 1 is 0.786 bits per heavy atom. The summed E-state index contributed by atoms with van der Waals surface area (Å²) in [4.78, 5) is 0. The first-order chi connectivity index (χ1) is 13.4. The molecular formula is C18H26O10. The molecule has 2 aliphatic heterocycles. The zero-order valence-corrected chi connectivity index (χ0v) is 15.0. The number of rotatable bonds is 6. The molecule has 0 amide bonds. The third-order valence-electron chi connectivity index (χ3n) is 4.80. The van der Waals surface area contributed by atoms with Crippen molar-refractivity contribution in [2.24, 2.45) is 0 Å². The molecule has 10 nitrogen and oxygen atoms in total. The van der Waals surface area contributed by atoms with Gasteiger partial charge in [0, 0.05) is 0 Å². The van der Waals surface area contributed by atoms with E-state index < -0.39 is 55.3 Å². The average molecular weight is 402 g/mol. The van der Waals surface area contributed by atoms with Crippen molar-refractivity contribution in [3.63, 3.8) is 0 Å². The molecule has 158 valence electrons. The maximum absolute atomic E-state index is 10.1. The molecule has 0 bridgehead atoms. The molecule has 2 fully saturated rings. The Kier molecular flexibility index (Phi) is 7.34. The van der Waals surface area contributed by atoms with Gasteiger partial charge >= 0.3 is 0 Å². The van der Waals surface area contributed by atoms with Gasteiger partial charge in [-0.25, -0.2) is 0 Å². The largest absolute Gasteiger partial charge is 0.388 e. The van der Waals surface area contributed by atoms with Crippen LogP contribution in [0.2, 0.25) is 0 Å². The summed E-state index contributed by atoms with van der Waals surface area (Å²) in [5.41, 5.74) is 0.831. The molecule has 2 aliphatic rings. The quantitative estimate of drug-likeness (QED) is 0.300. The lowest BCUT2D eigenvalue weighted by Gasteiger charge is -2.41. The van der Waals surface area contributed by atoms with Gasteiger partial charge in [0.1, 0.15) is 42.7 Å². The average Bonchev–Trinajstić information content (AvgIpc) is 2.71. The Bertz CT molecular complexity index is 601. The molecule has 0 aliphatic carbocycles. The van der Waals surface area contributed by atoms with Gasteiger partial charge in [0.2, 0.25) is 0 Å². The second-order valence-corrected chi connectivity index (χ2v) is 6.89. The van der Waals surface area contributed by atoms with Gasteiger partial charge in [0.05, 0.1) is 19.8 Å². The van der Waals surface area contributed by atoms with E-state index in [1.165, 1.54) is 0 Å². The Hall–Kier alpha value is -1.18. The van der Waals surface area contributed by atoms with E-state index in [0.29, 0.717) is 0 Å². The van der Waals surface area contributed by atoms with Crippen LogP contribution in [0, 0.1) is 0 Å². The first kappa shape index (κ1) is 21.5. The van der Waals surface area contributed by atoms with Crippen LogP contribution in [0.5, 0.6) is 0 Å². The van der Waals surface area contributed by atoms with Crippen LogP contribution in [0.4, 0.5) is 0 Å². The number of benzene rings is 1. The molecule has 2 saturated heterocycles. The van der Waals surface area contributed by atoms with Gasteiger partial charge in [-0.2, -0.15) is 0 Å². The van der Waals surface area contributed by atoms with Crippen LogP contribution in [0.1, 0.15) is 5.56 Å². The minimum Gasteiger partial charge on any atom is -0.388 e. The highest BCUT2D eigenvalue weighted by atomic mass is 16.7. The van der Waals surface area contributed by atoms with E-state index in [1.54, 1.807) is 0 Å². The first-order valence-electron chi connectivity index (χ1n) is 9.01. The number of aliphatic hydroxyl groups excluding tert-OH is 6. The van der Waals surface area contributed by atoms with Crippen LogP contribution >= 0.6 is 0 Å². The van der Waals surface area contributed by atoms with Gasteiger partial charge in [0.25, 0.3) is 0 Å². The molecule has 6 N–H and O–H groups in total. The minimum absolute atomic E-state index is 0.119. The van der Waals surface area contributed by atoms with Crippen molar-refractivity contribution >= 4 is 0 Å². The smallest absolute Gasteiger partial charge is 0.187 e. The molecule has 0 saturated carbocycles. The zero-order valence-electron chi connectivity index (χ0n) is 15.0. The summed E-state index contributed by atoms with van der Waals surface area (Å²) in [6, 6.07) is 9.14. The van der Waals surface area contributed by atoms with Crippen molar-refractivity contribution in [3.8, 4) is 0 Å². The van der Waals surface area contributed by atoms with Crippen molar-refractivity contribution in [2.45, 2.75) is 61.9 Å². The van der Waals surface area contributed by atoms with Gasteiger partial charge in [-0.15, -0.1) is 0 Å². The van der Waals surface area contributed by atoms with Crippen molar-refractivity contribution in [2.75, 3.05) is 13.2 Å². The van der Waals surface area contributed by atoms with Gasteiger partial charge in [-0.1, -0.05) is 30.3 Å². The Balaban J connectivity index is 1.56. The number of hydrogen-bond donors (Lipinski definition) is 6. The Labute approximate surface area is 161 Å². The van der Waals surface area contributed by atoms with Crippen LogP contribution in [0.25, 0.3) is 0 Å². The van der Waals surface area contributed by atoms with E-state index in [4.69, 9.17) is 18.9 Å². The van der Waals surface area contributed by atoms with Crippen molar-refractivity contribution in [3.05, 3.63) is 35.9 Å². The van der Waals surface area contributed by atoms with Crippen LogP contribution in [0.3, 0.4) is 0 Å². The summed E-state index contributed by atoms with van der Waals surface area (Å²) < 4.78 is 21.5. The second kappa shape index (κ2) is 9.55. The van der Waals surface area contributed by atoms with Crippen molar-refractivity contribution < 1.29 is 49.6 Å². The maximum atomic E-state index is 10.1. The third kappa shape index (κ3) is 4.86. The molecule has 0 spiro atoms. The number of hydrogen-bond acceptors (Lipinski definition) is 10. The van der Waals surface area contributed by atoms with Crippen molar-refractivity contribution in [1.82, 2.24) is 0 Å². The molecule has 0 radical (unpaired) electrons. The third-order valence-corrected chi connectivity index (χ3v) is 4.80. The lowest BCUT2D eigenvalue weighted by molar-refractivity contribution is -0.322. The fourth-order valence-electron chi connectivity index (χ4n) is 3.06. The molecule has 3 rings (SSSR count). The summed E-state index contributed by atoms with van der Waals surface area (Å²) in [5.74, 6) is 0. The molecule has 9 atom stereocenters. The molecule has 1 aromatic carbocycles. The molecular weight excluding hydrogens is 376 g/mol. The lowest BCUT2D eigenvalue weighted by atomic mass is 9.99. The maximum Gasteiger partial charge on any atom is 0.187 e. The Morgan fingerprint density at radius 2 is 1.46 bits per heavy atom. The lowest BCUT2D eigenvalue weighted by Crippen LogP contribution is -2.60. The first-order valence-corrected chi connectivity index (χ1v) is 9.01. The summed E-state index contributed by atoms with van der Waals surface area (Å²) in [6.45, 7) is -0.435. The van der Waals surface area contributed by atoms with E-state index in [9.17, 15) is 30.6 Å². The highest BCUT2D eigenvalue weighted by Gasteiger charge is 2.45. The molecule has 28 heavy (non-hydrogen) atoms. The van der Waals surface area contributed by atoms with Crippen molar-refractivity contribution in [1.29, 1.82) is 0 Å². The second-order valence-electron chi connectivity index (χ2n) is 6.89. The zero-order chi connectivity index (χ0) is 20.3. The molecule has 1 aromatic rings. The molecule has 0 unspecified atom stereocenters. The summed E-state index contributed by atoms with van der Waals surface area (Å²) in [5, 5.41) is 59.3. The fraction of sp³-hybridized carbons (Fsp3) is 0.667. The van der Waals surface area contributed by atoms with E-state index in [1.807, 2.05) is 30.3 Å². The summed E-state index contributed by atoms with van der Waals surface area (Å²) in [6.07, 6.45) is -12.2. The normalized spacial score (nSPS) is 41.7. The van der Waals surface area contributed by atoms with E-state index >= 15 is 0 Å². The molecule has 10 heteroatoms. The topological polar surface area (TPSA) is 158 Å². The van der Waals surface area contributed by atoms with Gasteiger partial charge in [-0.3, -0.25) is 0 Å². The van der Waals surface area contributed by atoms with Gasteiger partial charge < -0.3 is 49.6 Å². The van der Waals surface area contributed by atoms with Crippen LogP contribution in [0.15, 0.2) is 30.3 Å². The standard InChI is InChI=1S/C18H26O10/c19-10-7-26-17(15(23)12(10)20)27-8-11-13(21)14(22)16(24)18(28-11)25-6-9-4-2-1-3-5-9/h1-5,10-24H,6-8H2/t10-,11+,12-,13-,14-,15-,16+,17+,18-/m1/s1. The van der Waals surface area contributed by atoms with E-state index in [0.717, 1.165) is 5.56 Å². The highest BCUT2D eigenvalue weighted by molar-refractivity contribution is 5.13. The molecule has 0 aromatic heterocycles. The van der Waals surface area contributed by atoms with Crippen LogP contribution in [-0.4, -0.2) is 99.2 Å². The van der Waals surface area contributed by atoms with E-state index in [-0.39, 0.29) is 19.8 Å².